The second-order valence-corrected chi connectivity index (χ2v) is 8.56. The summed E-state index contributed by atoms with van der Waals surface area (Å²) in [5.74, 6) is -0.0549. The fourth-order valence-corrected chi connectivity index (χ4v) is 3.64. The number of aromatic nitrogens is 5. The molecule has 0 radical (unpaired) electrons. The molecule has 0 atom stereocenters. The fraction of sp³-hybridized carbons (Fsp3) is 0.111. The second kappa shape index (κ2) is 11.9. The summed E-state index contributed by atoms with van der Waals surface area (Å²) in [5, 5.41) is 19.1. The molecule has 0 saturated carbocycles. The summed E-state index contributed by atoms with van der Waals surface area (Å²) in [6.45, 7) is 2.31. The Labute approximate surface area is 227 Å². The van der Waals surface area contributed by atoms with Crippen molar-refractivity contribution in [2.45, 2.75) is 20.1 Å². The Morgan fingerprint density at radius 2 is 1.77 bits per heavy atom. The van der Waals surface area contributed by atoms with Crippen molar-refractivity contribution in [1.29, 1.82) is 0 Å². The number of carbonyl (C=O) groups is 1. The summed E-state index contributed by atoms with van der Waals surface area (Å²) >= 11 is 0. The molecule has 2 heterocycles. The van der Waals surface area contributed by atoms with Gasteiger partial charge >= 0.3 is 0 Å². The van der Waals surface area contributed by atoms with Gasteiger partial charge < -0.3 is 15.2 Å². The van der Waals surface area contributed by atoms with Crippen LogP contribution in [-0.4, -0.2) is 37.4 Å². The zero-order valence-electron chi connectivity index (χ0n) is 21.2. The smallest absolute Gasteiger partial charge is 0.293 e. The van der Waals surface area contributed by atoms with E-state index in [1.165, 1.54) is 40.7 Å². The van der Waals surface area contributed by atoms with Crippen LogP contribution in [-0.2, 0) is 13.2 Å². The van der Waals surface area contributed by atoms with Gasteiger partial charge in [-0.2, -0.15) is 9.78 Å². The van der Waals surface area contributed by atoms with Gasteiger partial charge in [-0.3, -0.25) is 4.79 Å². The van der Waals surface area contributed by atoms with E-state index in [-0.39, 0.29) is 29.6 Å². The third-order valence-electron chi connectivity index (χ3n) is 5.61. The van der Waals surface area contributed by atoms with Gasteiger partial charge in [-0.1, -0.05) is 35.0 Å². The normalized spacial score (nSPS) is 11.1. The van der Waals surface area contributed by atoms with Crippen molar-refractivity contribution in [2.75, 3.05) is 5.73 Å². The summed E-state index contributed by atoms with van der Waals surface area (Å²) in [6, 6.07) is 20.7. The van der Waals surface area contributed by atoms with E-state index in [1.807, 2.05) is 37.3 Å². The number of nitrogen functional groups attached to an aromatic ring is 1. The Hall–Kier alpha value is -5.59. The molecule has 1 amide bonds. The minimum atomic E-state index is -0.659. The maximum absolute atomic E-state index is 13.2. The molecule has 12 nitrogen and oxygen atoms in total. The Balaban J connectivity index is 1.25. The van der Waals surface area contributed by atoms with Crippen LogP contribution in [0.15, 0.2) is 82.5 Å². The number of hydrogen-bond donors (Lipinski definition) is 2. The van der Waals surface area contributed by atoms with E-state index in [4.69, 9.17) is 15.2 Å². The quantitative estimate of drug-likeness (QED) is 0.199. The lowest BCUT2D eigenvalue weighted by molar-refractivity contribution is 0.0947. The van der Waals surface area contributed by atoms with E-state index in [1.54, 1.807) is 12.1 Å². The molecule has 13 heteroatoms. The molecule has 0 aliphatic heterocycles. The van der Waals surface area contributed by atoms with Gasteiger partial charge in [-0.25, -0.2) is 14.4 Å². The number of anilines is 1. The Morgan fingerprint density at radius 3 is 2.48 bits per heavy atom. The number of rotatable bonds is 10. The molecule has 0 fully saturated rings. The molecule has 2 aromatic heterocycles. The van der Waals surface area contributed by atoms with Crippen molar-refractivity contribution in [3.8, 4) is 17.3 Å². The lowest BCUT2D eigenvalue weighted by Crippen LogP contribution is -2.21. The van der Waals surface area contributed by atoms with Crippen LogP contribution in [0.4, 0.5) is 10.2 Å². The van der Waals surface area contributed by atoms with E-state index in [0.717, 1.165) is 11.1 Å². The summed E-state index contributed by atoms with van der Waals surface area (Å²) in [5.41, 5.74) is 11.3. The average Bonchev–Trinajstić information content (AvgIpc) is 3.58. The lowest BCUT2D eigenvalue weighted by atomic mass is 10.1. The monoisotopic (exact) mass is 542 g/mol. The predicted molar refractivity (Wildman–Crippen MR) is 141 cm³/mol. The summed E-state index contributed by atoms with van der Waals surface area (Å²) in [7, 11) is 0. The first-order valence-corrected chi connectivity index (χ1v) is 12.0. The van der Waals surface area contributed by atoms with Gasteiger partial charge in [0.05, 0.1) is 6.21 Å². The summed E-state index contributed by atoms with van der Waals surface area (Å²) < 4.78 is 30.6. The van der Waals surface area contributed by atoms with Crippen LogP contribution in [0.3, 0.4) is 0 Å². The van der Waals surface area contributed by atoms with Gasteiger partial charge in [0.2, 0.25) is 11.6 Å². The molecule has 0 aliphatic rings. The summed E-state index contributed by atoms with van der Waals surface area (Å²) in [6.07, 6.45) is 1.47. The third-order valence-corrected chi connectivity index (χ3v) is 5.61. The maximum atomic E-state index is 13.2. The number of nitrogens with zero attached hydrogens (tertiary/aromatic N) is 6. The predicted octanol–water partition coefficient (Wildman–Crippen LogP) is 3.60. The van der Waals surface area contributed by atoms with Gasteiger partial charge in [0, 0.05) is 0 Å². The molecule has 5 aromatic rings. The topological polar surface area (TPSA) is 156 Å². The first-order valence-electron chi connectivity index (χ1n) is 12.0. The van der Waals surface area contributed by atoms with E-state index in [0.29, 0.717) is 18.1 Å². The molecule has 0 bridgehead atoms. The van der Waals surface area contributed by atoms with Crippen LogP contribution in [0.2, 0.25) is 0 Å². The molecule has 3 aromatic carbocycles. The van der Waals surface area contributed by atoms with Crippen LogP contribution < -0.4 is 20.6 Å². The van der Waals surface area contributed by atoms with Gasteiger partial charge in [0.15, 0.2) is 5.69 Å². The van der Waals surface area contributed by atoms with E-state index in [2.05, 4.69) is 41.8 Å². The van der Waals surface area contributed by atoms with Crippen molar-refractivity contribution in [3.63, 3.8) is 0 Å². The largest absolute Gasteiger partial charge is 0.489 e. The van der Waals surface area contributed by atoms with Crippen LogP contribution in [0.1, 0.15) is 32.9 Å². The van der Waals surface area contributed by atoms with Gasteiger partial charge in [-0.15, -0.1) is 5.10 Å². The van der Waals surface area contributed by atoms with Crippen molar-refractivity contribution >= 4 is 17.9 Å². The molecule has 40 heavy (non-hydrogen) atoms. The maximum Gasteiger partial charge on any atom is 0.293 e. The lowest BCUT2D eigenvalue weighted by Gasteiger charge is -2.08. The number of benzene rings is 3. The van der Waals surface area contributed by atoms with Crippen LogP contribution in [0.5, 0.6) is 11.5 Å². The number of nitrogens with one attached hydrogen (secondary N) is 1. The molecule has 0 saturated heterocycles. The Morgan fingerprint density at radius 1 is 1.05 bits per heavy atom. The molecular weight excluding hydrogens is 519 g/mol. The molecule has 0 aliphatic carbocycles. The van der Waals surface area contributed by atoms with Crippen molar-refractivity contribution in [1.82, 2.24) is 30.7 Å². The highest BCUT2D eigenvalue weighted by Crippen LogP contribution is 2.19. The van der Waals surface area contributed by atoms with E-state index < -0.39 is 11.7 Å². The molecule has 3 N–H and O–H groups in total. The van der Waals surface area contributed by atoms with Crippen LogP contribution >= 0.6 is 0 Å². The fourth-order valence-electron chi connectivity index (χ4n) is 3.64. The van der Waals surface area contributed by atoms with Crippen LogP contribution in [0.25, 0.3) is 5.82 Å². The number of halogens is 1. The molecular formula is C27H23FN8O4. The highest BCUT2D eigenvalue weighted by atomic mass is 19.1. The first-order chi connectivity index (χ1) is 19.5. The first kappa shape index (κ1) is 26.0. The number of hydrogen-bond acceptors (Lipinski definition) is 10. The van der Waals surface area contributed by atoms with Gasteiger partial charge in [0.25, 0.3) is 5.91 Å². The second-order valence-electron chi connectivity index (χ2n) is 8.56. The van der Waals surface area contributed by atoms with Gasteiger partial charge in [-0.05, 0) is 76.9 Å². The SMILES string of the molecule is Cc1cccc(COc2ccc(/C=N\NC(=O)c3nnn(-c4nonc4N)c3COc3ccc(F)cc3)cc2)c1. The van der Waals surface area contributed by atoms with E-state index in [9.17, 15) is 9.18 Å². The number of amides is 1. The van der Waals surface area contributed by atoms with Crippen LogP contribution in [0, 0.1) is 12.7 Å². The number of ether oxygens (including phenoxy) is 2. The minimum absolute atomic E-state index is 0.0254. The van der Waals surface area contributed by atoms with Crippen molar-refractivity contribution < 1.29 is 23.3 Å². The Bertz CT molecular complexity index is 1630. The molecule has 5 rings (SSSR count). The van der Waals surface area contributed by atoms with Gasteiger partial charge in [0.1, 0.15) is 36.2 Å². The number of aryl methyl sites for hydroxylation is 1. The summed E-state index contributed by atoms with van der Waals surface area (Å²) in [4.78, 5) is 12.9. The molecule has 0 spiro atoms. The molecule has 0 unspecified atom stereocenters. The third kappa shape index (κ3) is 6.27. The number of nitrogens with two attached hydrogens (primary N) is 1. The zero-order valence-corrected chi connectivity index (χ0v) is 21.2. The molecule has 202 valence electrons. The van der Waals surface area contributed by atoms with Crippen molar-refractivity contribution in [2.24, 2.45) is 5.10 Å². The van der Waals surface area contributed by atoms with Crippen molar-refractivity contribution in [3.05, 3.63) is 107 Å². The Kier molecular flexibility index (Phi) is 7.72. The van der Waals surface area contributed by atoms with E-state index >= 15 is 0 Å². The highest BCUT2D eigenvalue weighted by molar-refractivity contribution is 5.94. The zero-order chi connectivity index (χ0) is 27.9. The number of hydrazone groups is 1. The average molecular weight is 543 g/mol. The highest BCUT2D eigenvalue weighted by Gasteiger charge is 2.24. The number of carbonyl (C=O) groups excluding carboxylic acids is 1. The minimum Gasteiger partial charge on any atom is -0.489 e. The standard InChI is InChI=1S/C27H23FN8O4/c1-17-3-2-4-19(13-17)15-38-21-9-5-18(6-10-21)14-30-32-27(37)24-23(16-39-22-11-7-20(28)8-12-22)36(35-31-24)26-25(29)33-40-34-26/h2-14H,15-16H2,1H3,(H2,29,33)(H,32,37)/b30-14-.